The van der Waals surface area contributed by atoms with Crippen LogP contribution in [0, 0.1) is 13.8 Å². The molecule has 1 N–H and O–H groups in total. The smallest absolute Gasteiger partial charge is 0.234 e. The van der Waals surface area contributed by atoms with Gasteiger partial charge in [0.1, 0.15) is 12.4 Å². The van der Waals surface area contributed by atoms with Crippen LogP contribution in [0.1, 0.15) is 29.4 Å². The van der Waals surface area contributed by atoms with Crippen molar-refractivity contribution in [1.82, 2.24) is 14.8 Å². The number of carbonyl (C=O) groups excluding carboxylic acids is 1. The SMILES string of the molecule is C=CCn1c(COc2cc(C)cc(C)c2)nnc1SCC(=O)Nc1ccccc1CC. The van der Waals surface area contributed by atoms with E-state index in [0.29, 0.717) is 24.1 Å². The monoisotopic (exact) mass is 436 g/mol. The normalized spacial score (nSPS) is 10.7. The summed E-state index contributed by atoms with van der Waals surface area (Å²) in [7, 11) is 0. The Morgan fingerprint density at radius 3 is 2.65 bits per heavy atom. The lowest BCUT2D eigenvalue weighted by atomic mass is 10.1. The molecule has 6 nitrogen and oxygen atoms in total. The quantitative estimate of drug-likeness (QED) is 0.360. The highest BCUT2D eigenvalue weighted by Crippen LogP contribution is 2.21. The lowest BCUT2D eigenvalue weighted by Crippen LogP contribution is -2.16. The Morgan fingerprint density at radius 1 is 1.19 bits per heavy atom. The number of allylic oxidation sites excluding steroid dienone is 1. The standard InChI is InChI=1S/C24H28N4O2S/c1-5-11-28-22(15-30-20-13-17(3)12-18(4)14-20)26-27-24(28)31-16-23(29)25-21-10-8-7-9-19(21)6-2/h5,7-10,12-14H,1,6,11,15-16H2,2-4H3,(H,25,29). The number of ether oxygens (including phenoxy) is 1. The van der Waals surface area contributed by atoms with E-state index in [-0.39, 0.29) is 11.7 Å². The Hall–Kier alpha value is -3.06. The van der Waals surface area contributed by atoms with Crippen molar-refractivity contribution in [2.45, 2.75) is 45.5 Å². The fourth-order valence-electron chi connectivity index (χ4n) is 3.28. The number of benzene rings is 2. The van der Waals surface area contributed by atoms with Gasteiger partial charge >= 0.3 is 0 Å². The maximum atomic E-state index is 12.5. The number of rotatable bonds is 10. The lowest BCUT2D eigenvalue weighted by molar-refractivity contribution is -0.113. The minimum absolute atomic E-state index is 0.0768. The molecule has 31 heavy (non-hydrogen) atoms. The van der Waals surface area contributed by atoms with E-state index in [0.717, 1.165) is 34.5 Å². The molecule has 0 radical (unpaired) electrons. The van der Waals surface area contributed by atoms with Crippen LogP contribution in [0.15, 0.2) is 60.3 Å². The van der Waals surface area contributed by atoms with Gasteiger partial charge in [-0.25, -0.2) is 0 Å². The van der Waals surface area contributed by atoms with Crippen LogP contribution in [0.2, 0.25) is 0 Å². The average molecular weight is 437 g/mol. The van der Waals surface area contributed by atoms with E-state index in [2.05, 4.69) is 35.1 Å². The summed E-state index contributed by atoms with van der Waals surface area (Å²) in [6.07, 6.45) is 2.65. The lowest BCUT2D eigenvalue weighted by Gasteiger charge is -2.11. The van der Waals surface area contributed by atoms with Crippen molar-refractivity contribution in [3.05, 3.63) is 77.6 Å². The summed E-state index contributed by atoms with van der Waals surface area (Å²) in [6, 6.07) is 13.9. The molecule has 0 fully saturated rings. The van der Waals surface area contributed by atoms with Crippen LogP contribution in [-0.2, 0) is 24.4 Å². The molecule has 0 atom stereocenters. The van der Waals surface area contributed by atoms with Crippen molar-refractivity contribution in [2.24, 2.45) is 0 Å². The maximum absolute atomic E-state index is 12.5. The van der Waals surface area contributed by atoms with Crippen LogP contribution in [0.25, 0.3) is 0 Å². The van der Waals surface area contributed by atoms with E-state index >= 15 is 0 Å². The summed E-state index contributed by atoms with van der Waals surface area (Å²) in [4.78, 5) is 12.5. The van der Waals surface area contributed by atoms with E-state index < -0.39 is 0 Å². The minimum atomic E-state index is -0.0768. The summed E-state index contributed by atoms with van der Waals surface area (Å²) in [5.74, 6) is 1.66. The van der Waals surface area contributed by atoms with Crippen molar-refractivity contribution in [3.63, 3.8) is 0 Å². The minimum Gasteiger partial charge on any atom is -0.486 e. The number of carbonyl (C=O) groups is 1. The molecule has 3 aromatic rings. The van der Waals surface area contributed by atoms with E-state index in [4.69, 9.17) is 4.74 Å². The van der Waals surface area contributed by atoms with Crippen molar-refractivity contribution >= 4 is 23.4 Å². The van der Waals surface area contributed by atoms with Crippen LogP contribution >= 0.6 is 11.8 Å². The first kappa shape index (κ1) is 22.6. The number of anilines is 1. The topological polar surface area (TPSA) is 69.0 Å². The van der Waals surface area contributed by atoms with E-state index in [1.165, 1.54) is 11.8 Å². The molecular formula is C24H28N4O2S. The summed E-state index contributed by atoms with van der Waals surface area (Å²) in [5, 5.41) is 12.2. The van der Waals surface area contributed by atoms with Gasteiger partial charge in [-0.05, 0) is 55.2 Å². The zero-order valence-corrected chi connectivity index (χ0v) is 19.0. The summed E-state index contributed by atoms with van der Waals surface area (Å²) in [5.41, 5.74) is 4.26. The summed E-state index contributed by atoms with van der Waals surface area (Å²) < 4.78 is 7.86. The first-order valence-corrected chi connectivity index (χ1v) is 11.2. The van der Waals surface area contributed by atoms with Gasteiger partial charge in [-0.15, -0.1) is 16.8 Å². The van der Waals surface area contributed by atoms with Gasteiger partial charge in [0.15, 0.2) is 11.0 Å². The number of hydrogen-bond donors (Lipinski definition) is 1. The van der Waals surface area contributed by atoms with Crippen molar-refractivity contribution in [1.29, 1.82) is 0 Å². The number of para-hydroxylation sites is 1. The van der Waals surface area contributed by atoms with Crippen LogP contribution in [0.5, 0.6) is 5.75 Å². The molecule has 0 spiro atoms. The molecule has 0 aliphatic carbocycles. The number of nitrogens with one attached hydrogen (secondary N) is 1. The van der Waals surface area contributed by atoms with E-state index in [1.807, 2.05) is 54.8 Å². The second kappa shape index (κ2) is 10.8. The van der Waals surface area contributed by atoms with Gasteiger partial charge in [-0.1, -0.05) is 49.0 Å². The van der Waals surface area contributed by atoms with Gasteiger partial charge < -0.3 is 10.1 Å². The first-order chi connectivity index (χ1) is 15.0. The van der Waals surface area contributed by atoms with Crippen LogP contribution in [-0.4, -0.2) is 26.4 Å². The number of thioether (sulfide) groups is 1. The van der Waals surface area contributed by atoms with Gasteiger partial charge in [0.25, 0.3) is 0 Å². The van der Waals surface area contributed by atoms with Crippen molar-refractivity contribution < 1.29 is 9.53 Å². The summed E-state index contributed by atoms with van der Waals surface area (Å²) >= 11 is 1.35. The largest absolute Gasteiger partial charge is 0.486 e. The first-order valence-electron chi connectivity index (χ1n) is 10.2. The Labute approximate surface area is 187 Å². The molecule has 7 heteroatoms. The Kier molecular flexibility index (Phi) is 7.89. The number of hydrogen-bond acceptors (Lipinski definition) is 5. The Morgan fingerprint density at radius 2 is 1.94 bits per heavy atom. The van der Waals surface area contributed by atoms with Crippen molar-refractivity contribution in [3.8, 4) is 5.75 Å². The highest BCUT2D eigenvalue weighted by molar-refractivity contribution is 7.99. The van der Waals surface area contributed by atoms with Gasteiger partial charge in [0.2, 0.25) is 5.91 Å². The molecule has 0 saturated carbocycles. The Balaban J connectivity index is 1.64. The second-order valence-corrected chi connectivity index (χ2v) is 8.20. The van der Waals surface area contributed by atoms with E-state index in [9.17, 15) is 4.79 Å². The highest BCUT2D eigenvalue weighted by Gasteiger charge is 2.15. The zero-order chi connectivity index (χ0) is 22.2. The third-order valence-electron chi connectivity index (χ3n) is 4.67. The predicted octanol–water partition coefficient (Wildman–Crippen LogP) is 4.95. The maximum Gasteiger partial charge on any atom is 0.234 e. The molecule has 1 heterocycles. The molecule has 1 aromatic heterocycles. The molecule has 0 saturated heterocycles. The molecule has 0 bridgehead atoms. The van der Waals surface area contributed by atoms with Gasteiger partial charge in [-0.2, -0.15) is 0 Å². The number of amides is 1. The van der Waals surface area contributed by atoms with Crippen LogP contribution < -0.4 is 10.1 Å². The molecule has 2 aromatic carbocycles. The third-order valence-corrected chi connectivity index (χ3v) is 5.64. The fourth-order valence-corrected chi connectivity index (χ4v) is 4.04. The van der Waals surface area contributed by atoms with Gasteiger partial charge in [0.05, 0.1) is 5.75 Å². The van der Waals surface area contributed by atoms with Gasteiger partial charge in [-0.3, -0.25) is 9.36 Å². The average Bonchev–Trinajstić information content (AvgIpc) is 3.12. The number of nitrogens with zero attached hydrogens (tertiary/aromatic N) is 3. The molecule has 3 rings (SSSR count). The predicted molar refractivity (Wildman–Crippen MR) is 126 cm³/mol. The molecule has 162 valence electrons. The van der Waals surface area contributed by atoms with Crippen LogP contribution in [0.3, 0.4) is 0 Å². The highest BCUT2D eigenvalue weighted by atomic mass is 32.2. The van der Waals surface area contributed by atoms with Gasteiger partial charge in [0, 0.05) is 12.2 Å². The molecule has 0 aliphatic rings. The molecule has 0 unspecified atom stereocenters. The third kappa shape index (κ3) is 6.21. The van der Waals surface area contributed by atoms with E-state index in [1.54, 1.807) is 6.08 Å². The zero-order valence-electron chi connectivity index (χ0n) is 18.2. The summed E-state index contributed by atoms with van der Waals surface area (Å²) in [6.45, 7) is 10.8. The Bertz CT molecular complexity index is 1040. The molecule has 1 amide bonds. The molecule has 0 aliphatic heterocycles. The fraction of sp³-hybridized carbons (Fsp3) is 0.292. The second-order valence-electron chi connectivity index (χ2n) is 7.26. The van der Waals surface area contributed by atoms with Crippen LogP contribution in [0.4, 0.5) is 5.69 Å². The number of aryl methyl sites for hydroxylation is 3. The van der Waals surface area contributed by atoms with Crippen molar-refractivity contribution in [2.75, 3.05) is 11.1 Å². The number of aromatic nitrogens is 3. The molecular weight excluding hydrogens is 408 g/mol.